The van der Waals surface area contributed by atoms with Crippen molar-refractivity contribution in [2.24, 2.45) is 0 Å². The van der Waals surface area contributed by atoms with Gasteiger partial charge in [0.05, 0.1) is 11.4 Å². The summed E-state index contributed by atoms with van der Waals surface area (Å²) in [5.41, 5.74) is 5.89. The minimum Gasteiger partial charge on any atom is -0.302 e. The molecule has 138 valence electrons. The zero-order valence-electron chi connectivity index (χ0n) is 15.4. The second kappa shape index (κ2) is 7.16. The summed E-state index contributed by atoms with van der Waals surface area (Å²) in [7, 11) is 2.08. The Morgan fingerprint density at radius 1 is 0.963 bits per heavy atom. The number of halogens is 2. The molecule has 1 aliphatic rings. The maximum absolute atomic E-state index is 13.8. The highest BCUT2D eigenvalue weighted by molar-refractivity contribution is 5.61. The summed E-state index contributed by atoms with van der Waals surface area (Å²) in [6.07, 6.45) is 0.859. The highest BCUT2D eigenvalue weighted by Gasteiger charge is 2.24. The lowest BCUT2D eigenvalue weighted by Crippen LogP contribution is -2.17. The van der Waals surface area contributed by atoms with Crippen molar-refractivity contribution in [1.29, 1.82) is 0 Å². The van der Waals surface area contributed by atoms with E-state index in [1.54, 1.807) is 6.07 Å². The number of nitrogens with zero attached hydrogens (tertiary/aromatic N) is 3. The predicted octanol–water partition coefficient (Wildman–Crippen LogP) is 4.70. The first-order chi connectivity index (χ1) is 13.0. The van der Waals surface area contributed by atoms with E-state index in [0.717, 1.165) is 47.6 Å². The van der Waals surface area contributed by atoms with E-state index in [0.29, 0.717) is 0 Å². The molecular formula is C22H21F2N3. The normalized spacial score (nSPS) is 17.4. The van der Waals surface area contributed by atoms with Gasteiger partial charge in [-0.2, -0.15) is 10.2 Å². The molecule has 0 amide bonds. The van der Waals surface area contributed by atoms with Crippen molar-refractivity contribution in [1.82, 2.24) is 15.1 Å². The summed E-state index contributed by atoms with van der Waals surface area (Å²) >= 11 is 0. The number of aryl methyl sites for hydroxylation is 1. The van der Waals surface area contributed by atoms with E-state index in [1.807, 2.05) is 25.1 Å². The Kier molecular flexibility index (Phi) is 4.70. The van der Waals surface area contributed by atoms with Gasteiger partial charge in [0, 0.05) is 18.0 Å². The van der Waals surface area contributed by atoms with Gasteiger partial charge in [-0.05, 0) is 74.0 Å². The molecule has 0 bridgehead atoms. The largest absolute Gasteiger partial charge is 0.302 e. The molecule has 2 aromatic carbocycles. The zero-order valence-corrected chi connectivity index (χ0v) is 15.4. The number of hydrogen-bond donors (Lipinski definition) is 0. The molecule has 0 saturated carbocycles. The van der Waals surface area contributed by atoms with Crippen LogP contribution in [-0.2, 0) is 6.54 Å². The van der Waals surface area contributed by atoms with Crippen molar-refractivity contribution >= 4 is 0 Å². The van der Waals surface area contributed by atoms with Crippen molar-refractivity contribution in [3.8, 4) is 11.3 Å². The topological polar surface area (TPSA) is 29.0 Å². The molecule has 3 aromatic rings. The fraction of sp³-hybridized carbons (Fsp3) is 0.273. The van der Waals surface area contributed by atoms with Crippen LogP contribution in [0.1, 0.15) is 34.7 Å². The number of aromatic nitrogens is 2. The van der Waals surface area contributed by atoms with Gasteiger partial charge in [0.25, 0.3) is 0 Å². The van der Waals surface area contributed by atoms with E-state index in [9.17, 15) is 8.78 Å². The van der Waals surface area contributed by atoms with Crippen LogP contribution in [0.15, 0.2) is 48.5 Å². The minimum absolute atomic E-state index is 0.0400. The van der Waals surface area contributed by atoms with Crippen LogP contribution in [0.5, 0.6) is 0 Å². The van der Waals surface area contributed by atoms with Crippen LogP contribution in [0, 0.1) is 18.6 Å². The number of rotatable bonds is 2. The molecule has 0 aliphatic carbocycles. The monoisotopic (exact) mass is 365 g/mol. The third-order valence-corrected chi connectivity index (χ3v) is 5.20. The molecule has 0 N–H and O–H groups in total. The van der Waals surface area contributed by atoms with Crippen LogP contribution in [0.2, 0.25) is 0 Å². The zero-order chi connectivity index (χ0) is 19.0. The van der Waals surface area contributed by atoms with Gasteiger partial charge < -0.3 is 4.90 Å². The van der Waals surface area contributed by atoms with Crippen molar-refractivity contribution in [2.75, 3.05) is 13.6 Å². The van der Waals surface area contributed by atoms with E-state index in [4.69, 9.17) is 0 Å². The molecule has 0 radical (unpaired) electrons. The van der Waals surface area contributed by atoms with E-state index in [-0.39, 0.29) is 5.92 Å². The van der Waals surface area contributed by atoms with Crippen molar-refractivity contribution < 1.29 is 8.78 Å². The standard InChI is InChI=1S/C22H21F2N3/c1-14-3-8-22(26-25-14)16-4-6-18-17(11-16)13-27(2)10-9-19(18)15-5-7-20(23)21(24)12-15/h3-8,11-12,19H,9-10,13H2,1-2H3. The molecular weight excluding hydrogens is 344 g/mol. The molecule has 27 heavy (non-hydrogen) atoms. The second-order valence-corrected chi connectivity index (χ2v) is 7.23. The number of hydrogen-bond acceptors (Lipinski definition) is 3. The Morgan fingerprint density at radius 3 is 2.56 bits per heavy atom. The van der Waals surface area contributed by atoms with E-state index >= 15 is 0 Å². The first-order valence-electron chi connectivity index (χ1n) is 9.08. The van der Waals surface area contributed by atoms with Crippen LogP contribution < -0.4 is 0 Å². The summed E-state index contributed by atoms with van der Waals surface area (Å²) < 4.78 is 27.2. The van der Waals surface area contributed by atoms with E-state index in [1.165, 1.54) is 17.7 Å². The van der Waals surface area contributed by atoms with E-state index in [2.05, 4.69) is 34.3 Å². The summed E-state index contributed by atoms with van der Waals surface area (Å²) in [6, 6.07) is 14.4. The quantitative estimate of drug-likeness (QED) is 0.659. The second-order valence-electron chi connectivity index (χ2n) is 7.23. The summed E-state index contributed by atoms with van der Waals surface area (Å²) in [5.74, 6) is -1.56. The third kappa shape index (κ3) is 3.60. The Balaban J connectivity index is 1.77. The molecule has 4 rings (SSSR count). The maximum Gasteiger partial charge on any atom is 0.159 e. The average molecular weight is 365 g/mol. The lowest BCUT2D eigenvalue weighted by Gasteiger charge is -2.19. The molecule has 3 nitrogen and oxygen atoms in total. The van der Waals surface area contributed by atoms with Crippen molar-refractivity contribution in [3.05, 3.63) is 82.5 Å². The maximum atomic E-state index is 13.8. The van der Waals surface area contributed by atoms with Crippen LogP contribution in [0.4, 0.5) is 8.78 Å². The Labute approximate surface area is 157 Å². The van der Waals surface area contributed by atoms with Gasteiger partial charge in [0.2, 0.25) is 0 Å². The molecule has 0 spiro atoms. The molecule has 5 heteroatoms. The van der Waals surface area contributed by atoms with Crippen LogP contribution >= 0.6 is 0 Å². The predicted molar refractivity (Wildman–Crippen MR) is 101 cm³/mol. The van der Waals surface area contributed by atoms with Crippen LogP contribution in [0.25, 0.3) is 11.3 Å². The lowest BCUT2D eigenvalue weighted by atomic mass is 9.85. The average Bonchev–Trinajstić information content (AvgIpc) is 2.82. The van der Waals surface area contributed by atoms with E-state index < -0.39 is 11.6 Å². The number of fused-ring (bicyclic) bond motifs is 1. The molecule has 1 atom stereocenters. The molecule has 0 saturated heterocycles. The van der Waals surface area contributed by atoms with Gasteiger partial charge in [-0.15, -0.1) is 0 Å². The van der Waals surface area contributed by atoms with Gasteiger partial charge in [0.15, 0.2) is 11.6 Å². The highest BCUT2D eigenvalue weighted by atomic mass is 19.2. The molecule has 0 fully saturated rings. The first-order valence-corrected chi connectivity index (χ1v) is 9.08. The van der Waals surface area contributed by atoms with Crippen LogP contribution in [-0.4, -0.2) is 28.7 Å². The van der Waals surface area contributed by atoms with Crippen molar-refractivity contribution in [2.45, 2.75) is 25.8 Å². The molecule has 1 unspecified atom stereocenters. The van der Waals surface area contributed by atoms with Crippen molar-refractivity contribution in [3.63, 3.8) is 0 Å². The summed E-state index contributed by atoms with van der Waals surface area (Å²) in [6.45, 7) is 3.61. The van der Waals surface area contributed by atoms with Gasteiger partial charge in [-0.1, -0.05) is 18.2 Å². The Hall–Kier alpha value is -2.66. The Bertz CT molecular complexity index is 970. The molecule has 1 aromatic heterocycles. The first kappa shape index (κ1) is 17.7. The SMILES string of the molecule is Cc1ccc(-c2ccc3c(c2)CN(C)CCC3c2ccc(F)c(F)c2)nn1. The summed E-state index contributed by atoms with van der Waals surface area (Å²) in [4.78, 5) is 2.25. The fourth-order valence-electron chi connectivity index (χ4n) is 3.75. The van der Waals surface area contributed by atoms with Gasteiger partial charge in [-0.3, -0.25) is 0 Å². The smallest absolute Gasteiger partial charge is 0.159 e. The Morgan fingerprint density at radius 2 is 1.81 bits per heavy atom. The highest BCUT2D eigenvalue weighted by Crippen LogP contribution is 2.36. The molecule has 2 heterocycles. The fourth-order valence-corrected chi connectivity index (χ4v) is 3.75. The third-order valence-electron chi connectivity index (χ3n) is 5.20. The lowest BCUT2D eigenvalue weighted by molar-refractivity contribution is 0.328. The van der Waals surface area contributed by atoms with Crippen LogP contribution in [0.3, 0.4) is 0 Å². The molecule has 1 aliphatic heterocycles. The summed E-state index contributed by atoms with van der Waals surface area (Å²) in [5, 5.41) is 8.43. The van der Waals surface area contributed by atoms with Gasteiger partial charge >= 0.3 is 0 Å². The number of benzene rings is 2. The minimum atomic E-state index is -0.807. The van der Waals surface area contributed by atoms with Gasteiger partial charge in [0.1, 0.15) is 0 Å². The van der Waals surface area contributed by atoms with Gasteiger partial charge in [-0.25, -0.2) is 8.78 Å².